The Morgan fingerprint density at radius 3 is 3.06 bits per heavy atom. The number of nitrogens with two attached hydrogens (primary N) is 1. The lowest BCUT2D eigenvalue weighted by Crippen LogP contribution is -2.28. The third-order valence-corrected chi connectivity index (χ3v) is 2.99. The van der Waals surface area contributed by atoms with E-state index >= 15 is 0 Å². The Hall–Kier alpha value is -1.37. The number of ether oxygens (including phenoxy) is 1. The predicted molar refractivity (Wildman–Crippen MR) is 67.0 cm³/mol. The number of rotatable bonds is 4. The molecule has 0 aromatic heterocycles. The molecule has 0 bridgehead atoms. The van der Waals surface area contributed by atoms with Gasteiger partial charge in [-0.05, 0) is 23.5 Å². The van der Waals surface area contributed by atoms with Crippen LogP contribution in [0.4, 0.5) is 0 Å². The maximum absolute atomic E-state index is 11.5. The molecule has 6 heteroatoms. The van der Waals surface area contributed by atoms with Gasteiger partial charge in [0.15, 0.2) is 0 Å². The summed E-state index contributed by atoms with van der Waals surface area (Å²) in [4.78, 5) is 11.5. The second kappa shape index (κ2) is 5.52. The molecule has 0 saturated carbocycles. The summed E-state index contributed by atoms with van der Waals surface area (Å²) in [5.41, 5.74) is 8.06. The average molecular weight is 249 g/mol. The van der Waals surface area contributed by atoms with Crippen molar-refractivity contribution in [2.24, 2.45) is 5.73 Å². The van der Waals surface area contributed by atoms with Crippen LogP contribution >= 0.6 is 0 Å². The fourth-order valence-electron chi connectivity index (χ4n) is 2.24. The first kappa shape index (κ1) is 13.1. The lowest BCUT2D eigenvalue weighted by molar-refractivity contribution is -0.145. The van der Waals surface area contributed by atoms with Crippen LogP contribution in [0.5, 0.6) is 0 Å². The quantitative estimate of drug-likeness (QED) is 0.573. The molecule has 0 amide bonds. The van der Waals surface area contributed by atoms with Crippen molar-refractivity contribution >= 4 is 18.6 Å². The molecule has 0 radical (unpaired) electrons. The van der Waals surface area contributed by atoms with E-state index in [9.17, 15) is 9.82 Å². The van der Waals surface area contributed by atoms with Crippen LogP contribution in [0.3, 0.4) is 0 Å². The largest absolute Gasteiger partial charge is 0.492 e. The van der Waals surface area contributed by atoms with Crippen molar-refractivity contribution in [2.45, 2.75) is 26.0 Å². The minimum Gasteiger partial charge on any atom is -0.466 e. The number of hydrogen-bond acceptors (Lipinski definition) is 5. The van der Waals surface area contributed by atoms with Crippen LogP contribution in [0.2, 0.25) is 0 Å². The molecule has 2 rings (SSSR count). The van der Waals surface area contributed by atoms with Crippen LogP contribution < -0.4 is 11.2 Å². The second-order valence-corrected chi connectivity index (χ2v) is 4.11. The van der Waals surface area contributed by atoms with E-state index in [0.717, 1.165) is 11.1 Å². The highest BCUT2D eigenvalue weighted by atomic mass is 16.5. The molecule has 1 unspecified atom stereocenters. The molecule has 1 aliphatic heterocycles. The van der Waals surface area contributed by atoms with Crippen molar-refractivity contribution in [1.82, 2.24) is 0 Å². The molecule has 96 valence electrons. The Labute approximate surface area is 106 Å². The van der Waals surface area contributed by atoms with Crippen LogP contribution in [-0.4, -0.2) is 24.7 Å². The number of benzene rings is 1. The molecule has 1 atom stereocenters. The highest BCUT2D eigenvalue weighted by Crippen LogP contribution is 2.29. The summed E-state index contributed by atoms with van der Waals surface area (Å²) in [6.07, 6.45) is -0.386. The normalized spacial score (nSPS) is 17.7. The Kier molecular flexibility index (Phi) is 4.01. The van der Waals surface area contributed by atoms with Gasteiger partial charge in [0.1, 0.15) is 0 Å². The van der Waals surface area contributed by atoms with Crippen molar-refractivity contribution in [1.29, 1.82) is 0 Å². The SMILES string of the molecule is CCOC(=O)CC1OB(O)c2cccc(CN)c21. The third kappa shape index (κ3) is 2.41. The number of esters is 1. The van der Waals surface area contributed by atoms with Gasteiger partial charge in [-0.1, -0.05) is 18.2 Å². The van der Waals surface area contributed by atoms with Crippen molar-refractivity contribution in [3.8, 4) is 0 Å². The molecule has 0 spiro atoms. The molecule has 1 aliphatic rings. The first-order chi connectivity index (χ1) is 8.67. The molecular formula is C12H16BNO4. The van der Waals surface area contributed by atoms with E-state index in [1.54, 1.807) is 13.0 Å². The summed E-state index contributed by atoms with van der Waals surface area (Å²) in [6.45, 7) is 2.43. The number of hydrogen-bond donors (Lipinski definition) is 2. The Morgan fingerprint density at radius 1 is 1.61 bits per heavy atom. The lowest BCUT2D eigenvalue weighted by atomic mass is 9.78. The zero-order valence-electron chi connectivity index (χ0n) is 10.3. The molecule has 0 aliphatic carbocycles. The second-order valence-electron chi connectivity index (χ2n) is 4.11. The van der Waals surface area contributed by atoms with Crippen LogP contribution in [0.1, 0.15) is 30.6 Å². The van der Waals surface area contributed by atoms with Crippen molar-refractivity contribution in [2.75, 3.05) is 6.61 Å². The van der Waals surface area contributed by atoms with Gasteiger partial charge >= 0.3 is 13.1 Å². The minimum atomic E-state index is -0.995. The van der Waals surface area contributed by atoms with Crippen LogP contribution in [0.15, 0.2) is 18.2 Å². The summed E-state index contributed by atoms with van der Waals surface area (Å²) in [7, 11) is -0.995. The zero-order valence-corrected chi connectivity index (χ0v) is 10.3. The van der Waals surface area contributed by atoms with Crippen molar-refractivity contribution in [3.05, 3.63) is 29.3 Å². The predicted octanol–water partition coefficient (Wildman–Crippen LogP) is -0.143. The Bertz CT molecular complexity index is 452. The van der Waals surface area contributed by atoms with E-state index in [-0.39, 0.29) is 12.4 Å². The molecule has 18 heavy (non-hydrogen) atoms. The zero-order chi connectivity index (χ0) is 13.1. The first-order valence-electron chi connectivity index (χ1n) is 5.98. The molecule has 0 saturated heterocycles. The standard InChI is InChI=1S/C12H16BNO4/c1-2-17-11(15)6-10-12-8(7-14)4-3-5-9(12)13(16)18-10/h3-5,10,16H,2,6-7,14H2,1H3. The fourth-order valence-corrected chi connectivity index (χ4v) is 2.24. The third-order valence-electron chi connectivity index (χ3n) is 2.99. The summed E-state index contributed by atoms with van der Waals surface area (Å²) >= 11 is 0. The van der Waals surface area contributed by atoms with Gasteiger partial charge in [0.2, 0.25) is 0 Å². The van der Waals surface area contributed by atoms with E-state index in [4.69, 9.17) is 15.1 Å². The van der Waals surface area contributed by atoms with E-state index in [2.05, 4.69) is 0 Å². The number of fused-ring (bicyclic) bond motifs is 1. The molecule has 1 heterocycles. The van der Waals surface area contributed by atoms with Crippen molar-refractivity contribution < 1.29 is 19.2 Å². The molecule has 5 nitrogen and oxygen atoms in total. The molecule has 1 aromatic carbocycles. The van der Waals surface area contributed by atoms with Crippen molar-refractivity contribution in [3.63, 3.8) is 0 Å². The van der Waals surface area contributed by atoms with E-state index < -0.39 is 13.2 Å². The van der Waals surface area contributed by atoms with Crippen LogP contribution in [0, 0.1) is 0 Å². The maximum atomic E-state index is 11.5. The maximum Gasteiger partial charge on any atom is 0.492 e. The van der Waals surface area contributed by atoms with Gasteiger partial charge in [-0.2, -0.15) is 0 Å². The van der Waals surface area contributed by atoms with E-state index in [0.29, 0.717) is 18.6 Å². The van der Waals surface area contributed by atoms with Gasteiger partial charge in [-0.25, -0.2) is 0 Å². The summed E-state index contributed by atoms with van der Waals surface area (Å²) < 4.78 is 10.3. The van der Waals surface area contributed by atoms with Gasteiger partial charge in [0.25, 0.3) is 0 Å². The molecule has 1 aromatic rings. The number of carbonyl (C=O) groups excluding carboxylic acids is 1. The van der Waals surface area contributed by atoms with Gasteiger partial charge in [0.05, 0.1) is 19.1 Å². The van der Waals surface area contributed by atoms with E-state index in [1.807, 2.05) is 12.1 Å². The average Bonchev–Trinajstić information content (AvgIpc) is 2.67. The summed E-state index contributed by atoms with van der Waals surface area (Å²) in [5, 5.41) is 9.80. The van der Waals surface area contributed by atoms with Gasteiger partial charge in [-0.3, -0.25) is 4.79 Å². The molecule has 0 fully saturated rings. The minimum absolute atomic E-state index is 0.0922. The van der Waals surface area contributed by atoms with Crippen LogP contribution in [-0.2, 0) is 20.7 Å². The monoisotopic (exact) mass is 249 g/mol. The first-order valence-corrected chi connectivity index (χ1v) is 5.98. The summed E-state index contributed by atoms with van der Waals surface area (Å²) in [6, 6.07) is 5.48. The molecular weight excluding hydrogens is 233 g/mol. The van der Waals surface area contributed by atoms with Gasteiger partial charge in [0, 0.05) is 6.54 Å². The van der Waals surface area contributed by atoms with Crippen LogP contribution in [0.25, 0.3) is 0 Å². The molecule has 3 N–H and O–H groups in total. The topological polar surface area (TPSA) is 81.8 Å². The highest BCUT2D eigenvalue weighted by molar-refractivity contribution is 6.61. The fraction of sp³-hybridized carbons (Fsp3) is 0.417. The van der Waals surface area contributed by atoms with Gasteiger partial charge in [-0.15, -0.1) is 0 Å². The smallest absolute Gasteiger partial charge is 0.466 e. The number of carbonyl (C=O) groups is 1. The summed E-state index contributed by atoms with van der Waals surface area (Å²) in [5.74, 6) is -0.339. The lowest BCUT2D eigenvalue weighted by Gasteiger charge is -2.14. The Balaban J connectivity index is 2.25. The van der Waals surface area contributed by atoms with Gasteiger partial charge < -0.3 is 20.1 Å². The van der Waals surface area contributed by atoms with E-state index in [1.165, 1.54) is 0 Å². The Morgan fingerprint density at radius 2 is 2.39 bits per heavy atom. The highest BCUT2D eigenvalue weighted by Gasteiger charge is 2.37.